The summed E-state index contributed by atoms with van der Waals surface area (Å²) < 4.78 is 16.1. The van der Waals surface area contributed by atoms with Crippen molar-refractivity contribution in [1.29, 1.82) is 0 Å². The number of aryl methyl sites for hydroxylation is 1. The van der Waals surface area contributed by atoms with Crippen molar-refractivity contribution in [2.75, 3.05) is 34.4 Å². The fourth-order valence-electron chi connectivity index (χ4n) is 3.77. The van der Waals surface area contributed by atoms with Gasteiger partial charge in [0.15, 0.2) is 11.5 Å². The first-order chi connectivity index (χ1) is 13.6. The topological polar surface area (TPSA) is 74.0 Å². The third-order valence-corrected chi connectivity index (χ3v) is 5.30. The zero-order valence-corrected chi connectivity index (χ0v) is 16.7. The van der Waals surface area contributed by atoms with Crippen LogP contribution in [0.3, 0.4) is 0 Å². The van der Waals surface area contributed by atoms with Crippen LogP contribution in [0, 0.1) is 0 Å². The van der Waals surface area contributed by atoms with E-state index < -0.39 is 0 Å². The highest BCUT2D eigenvalue weighted by Crippen LogP contribution is 2.38. The standard InChI is InChI=1S/C22H28N2O4/c1-26-19-11-15(12-20(27-2)22(19)28-3)9-10-21(25)24-13-17(18(23)14-24)16-7-5-4-6-8-16/h4-8,11-12,17-18H,9-10,13-14,23H2,1-3H3/t17-,18+/m0/s1. The molecule has 0 saturated carbocycles. The van der Waals surface area contributed by atoms with E-state index in [2.05, 4.69) is 12.1 Å². The Labute approximate surface area is 166 Å². The van der Waals surface area contributed by atoms with Gasteiger partial charge in [0, 0.05) is 31.5 Å². The van der Waals surface area contributed by atoms with Gasteiger partial charge in [-0.1, -0.05) is 30.3 Å². The number of likely N-dealkylation sites (tertiary alicyclic amines) is 1. The molecule has 2 N–H and O–H groups in total. The van der Waals surface area contributed by atoms with Crippen LogP contribution in [0.5, 0.6) is 17.2 Å². The Kier molecular flexibility index (Phi) is 6.41. The molecular weight excluding hydrogens is 356 g/mol. The molecule has 1 aliphatic heterocycles. The number of methoxy groups -OCH3 is 3. The van der Waals surface area contributed by atoms with Gasteiger partial charge in [0.05, 0.1) is 21.3 Å². The summed E-state index contributed by atoms with van der Waals surface area (Å²) in [6.07, 6.45) is 1.00. The second kappa shape index (κ2) is 8.97. The van der Waals surface area contributed by atoms with Gasteiger partial charge in [-0.05, 0) is 29.7 Å². The van der Waals surface area contributed by atoms with Crippen LogP contribution in [0.15, 0.2) is 42.5 Å². The lowest BCUT2D eigenvalue weighted by Gasteiger charge is -2.17. The molecule has 2 aromatic carbocycles. The lowest BCUT2D eigenvalue weighted by Crippen LogP contribution is -2.32. The van der Waals surface area contributed by atoms with E-state index in [0.717, 1.165) is 5.56 Å². The number of benzene rings is 2. The van der Waals surface area contributed by atoms with Crippen LogP contribution in [0.2, 0.25) is 0 Å². The molecule has 1 saturated heterocycles. The highest BCUT2D eigenvalue weighted by Gasteiger charge is 2.33. The predicted octanol–water partition coefficient (Wildman–Crippen LogP) is 2.60. The smallest absolute Gasteiger partial charge is 0.222 e. The molecule has 3 rings (SSSR count). The molecule has 0 aliphatic carbocycles. The van der Waals surface area contributed by atoms with Gasteiger partial charge in [0.1, 0.15) is 0 Å². The first kappa shape index (κ1) is 20.0. The summed E-state index contributed by atoms with van der Waals surface area (Å²) in [5, 5.41) is 0. The average Bonchev–Trinajstić information content (AvgIpc) is 3.13. The molecule has 28 heavy (non-hydrogen) atoms. The highest BCUT2D eigenvalue weighted by molar-refractivity contribution is 5.77. The minimum absolute atomic E-state index is 0.0347. The van der Waals surface area contributed by atoms with E-state index in [1.165, 1.54) is 5.56 Å². The largest absolute Gasteiger partial charge is 0.493 e. The molecule has 0 radical (unpaired) electrons. The molecular formula is C22H28N2O4. The van der Waals surface area contributed by atoms with E-state index in [1.54, 1.807) is 21.3 Å². The summed E-state index contributed by atoms with van der Waals surface area (Å²) in [4.78, 5) is 14.6. The molecule has 2 aromatic rings. The summed E-state index contributed by atoms with van der Waals surface area (Å²) >= 11 is 0. The fourth-order valence-corrected chi connectivity index (χ4v) is 3.77. The van der Waals surface area contributed by atoms with E-state index >= 15 is 0 Å². The molecule has 0 bridgehead atoms. The van der Waals surface area contributed by atoms with Crippen molar-refractivity contribution in [2.24, 2.45) is 5.73 Å². The Morgan fingerprint density at radius 3 is 2.25 bits per heavy atom. The normalized spacial score (nSPS) is 18.8. The van der Waals surface area contributed by atoms with Crippen molar-refractivity contribution < 1.29 is 19.0 Å². The Morgan fingerprint density at radius 2 is 1.68 bits per heavy atom. The predicted molar refractivity (Wildman–Crippen MR) is 108 cm³/mol. The molecule has 6 heteroatoms. The van der Waals surface area contributed by atoms with E-state index in [4.69, 9.17) is 19.9 Å². The van der Waals surface area contributed by atoms with Gasteiger partial charge in [-0.25, -0.2) is 0 Å². The first-order valence-corrected chi connectivity index (χ1v) is 9.44. The summed E-state index contributed by atoms with van der Waals surface area (Å²) in [7, 11) is 4.74. The van der Waals surface area contributed by atoms with Gasteiger partial charge >= 0.3 is 0 Å². The number of rotatable bonds is 7. The second-order valence-corrected chi connectivity index (χ2v) is 7.01. The van der Waals surface area contributed by atoms with E-state index in [9.17, 15) is 4.79 Å². The van der Waals surface area contributed by atoms with Gasteiger partial charge in [-0.15, -0.1) is 0 Å². The van der Waals surface area contributed by atoms with Crippen molar-refractivity contribution in [3.63, 3.8) is 0 Å². The van der Waals surface area contributed by atoms with Gasteiger partial charge < -0.3 is 24.8 Å². The number of carbonyl (C=O) groups is 1. The Hall–Kier alpha value is -2.73. The zero-order chi connectivity index (χ0) is 20.1. The fraction of sp³-hybridized carbons (Fsp3) is 0.409. The molecule has 0 aromatic heterocycles. The maximum atomic E-state index is 12.8. The number of hydrogen-bond acceptors (Lipinski definition) is 5. The SMILES string of the molecule is COc1cc(CCC(=O)N2C[C@@H](N)[C@H](c3ccccc3)C2)cc(OC)c1OC. The molecule has 150 valence electrons. The Bertz CT molecular complexity index is 784. The molecule has 1 amide bonds. The van der Waals surface area contributed by atoms with Crippen LogP contribution in [-0.2, 0) is 11.2 Å². The van der Waals surface area contributed by atoms with Crippen LogP contribution >= 0.6 is 0 Å². The van der Waals surface area contributed by atoms with Crippen LogP contribution in [-0.4, -0.2) is 51.3 Å². The van der Waals surface area contributed by atoms with E-state index in [0.29, 0.717) is 43.2 Å². The maximum Gasteiger partial charge on any atom is 0.222 e. The van der Waals surface area contributed by atoms with Gasteiger partial charge in [-0.2, -0.15) is 0 Å². The maximum absolute atomic E-state index is 12.8. The number of carbonyl (C=O) groups excluding carboxylic acids is 1. The minimum atomic E-state index is -0.0347. The molecule has 0 spiro atoms. The molecule has 1 fully saturated rings. The number of nitrogens with zero attached hydrogens (tertiary/aromatic N) is 1. The minimum Gasteiger partial charge on any atom is -0.493 e. The van der Waals surface area contributed by atoms with Crippen LogP contribution in [0.4, 0.5) is 0 Å². The van der Waals surface area contributed by atoms with Gasteiger partial charge in [0.25, 0.3) is 0 Å². The summed E-state index contributed by atoms with van der Waals surface area (Å²) in [5.41, 5.74) is 8.47. The number of nitrogens with two attached hydrogens (primary N) is 1. The average molecular weight is 384 g/mol. The quantitative estimate of drug-likeness (QED) is 0.794. The number of ether oxygens (including phenoxy) is 3. The molecule has 6 nitrogen and oxygen atoms in total. The van der Waals surface area contributed by atoms with Crippen molar-refractivity contribution in [2.45, 2.75) is 24.8 Å². The lowest BCUT2D eigenvalue weighted by molar-refractivity contribution is -0.130. The van der Waals surface area contributed by atoms with Crippen molar-refractivity contribution >= 4 is 5.91 Å². The molecule has 1 heterocycles. The highest BCUT2D eigenvalue weighted by atomic mass is 16.5. The van der Waals surface area contributed by atoms with Crippen molar-refractivity contribution in [3.05, 3.63) is 53.6 Å². The summed E-state index contributed by atoms with van der Waals surface area (Å²) in [5.74, 6) is 2.04. The van der Waals surface area contributed by atoms with Crippen LogP contribution in [0.1, 0.15) is 23.5 Å². The van der Waals surface area contributed by atoms with Crippen molar-refractivity contribution in [1.82, 2.24) is 4.90 Å². The summed E-state index contributed by atoms with van der Waals surface area (Å²) in [6, 6.07) is 13.9. The van der Waals surface area contributed by atoms with E-state index in [1.807, 2.05) is 35.2 Å². The lowest BCUT2D eigenvalue weighted by atomic mass is 9.95. The van der Waals surface area contributed by atoms with Gasteiger partial charge in [0.2, 0.25) is 11.7 Å². The molecule has 1 aliphatic rings. The number of hydrogen-bond donors (Lipinski definition) is 1. The monoisotopic (exact) mass is 384 g/mol. The third-order valence-electron chi connectivity index (χ3n) is 5.30. The Morgan fingerprint density at radius 1 is 1.04 bits per heavy atom. The number of amides is 1. The first-order valence-electron chi connectivity index (χ1n) is 9.44. The Balaban J connectivity index is 1.65. The molecule has 2 atom stereocenters. The van der Waals surface area contributed by atoms with E-state index in [-0.39, 0.29) is 17.9 Å². The zero-order valence-electron chi connectivity index (χ0n) is 16.7. The van der Waals surface area contributed by atoms with Crippen molar-refractivity contribution in [3.8, 4) is 17.2 Å². The van der Waals surface area contributed by atoms with Crippen LogP contribution in [0.25, 0.3) is 0 Å². The van der Waals surface area contributed by atoms with Gasteiger partial charge in [-0.3, -0.25) is 4.79 Å². The summed E-state index contributed by atoms with van der Waals surface area (Å²) in [6.45, 7) is 1.26. The third kappa shape index (κ3) is 4.22. The van der Waals surface area contributed by atoms with Crippen LogP contribution < -0.4 is 19.9 Å². The second-order valence-electron chi connectivity index (χ2n) is 7.01. The molecule has 0 unspecified atom stereocenters.